The van der Waals surface area contributed by atoms with Gasteiger partial charge in [-0.25, -0.2) is 8.78 Å². The fourth-order valence-corrected chi connectivity index (χ4v) is 2.00. The topological polar surface area (TPSA) is 38.3 Å². The van der Waals surface area contributed by atoms with Gasteiger partial charge in [-0.1, -0.05) is 29.3 Å². The summed E-state index contributed by atoms with van der Waals surface area (Å²) < 4.78 is 30.8. The van der Waals surface area contributed by atoms with Gasteiger partial charge in [0, 0.05) is 6.07 Å². The van der Waals surface area contributed by atoms with E-state index in [9.17, 15) is 13.6 Å². The number of carbonyl (C=O) groups is 1. The van der Waals surface area contributed by atoms with Crippen LogP contribution in [-0.4, -0.2) is 12.5 Å². The van der Waals surface area contributed by atoms with E-state index in [0.717, 1.165) is 12.1 Å². The maximum atomic E-state index is 13.0. The van der Waals surface area contributed by atoms with Crippen LogP contribution in [0.25, 0.3) is 0 Å². The van der Waals surface area contributed by atoms with Crippen LogP contribution in [0.1, 0.15) is 0 Å². The lowest BCUT2D eigenvalue weighted by Gasteiger charge is -2.10. The summed E-state index contributed by atoms with van der Waals surface area (Å²) in [6, 6.07) is 7.75. The van der Waals surface area contributed by atoms with Gasteiger partial charge in [-0.3, -0.25) is 4.79 Å². The summed E-state index contributed by atoms with van der Waals surface area (Å²) in [5, 5.41) is 3.04. The fraction of sp³-hybridized carbons (Fsp3) is 0.0714. The zero-order valence-electron chi connectivity index (χ0n) is 10.5. The van der Waals surface area contributed by atoms with E-state index in [1.165, 1.54) is 6.07 Å². The first-order chi connectivity index (χ1) is 9.97. The number of hydrogen-bond acceptors (Lipinski definition) is 2. The van der Waals surface area contributed by atoms with Crippen molar-refractivity contribution in [3.8, 4) is 5.75 Å². The average Bonchev–Trinajstić information content (AvgIpc) is 2.44. The Morgan fingerprint density at radius 3 is 2.38 bits per heavy atom. The number of halogens is 4. The third-order valence-corrected chi connectivity index (χ3v) is 3.12. The Kier molecular flexibility index (Phi) is 4.98. The molecule has 1 amide bonds. The lowest BCUT2D eigenvalue weighted by atomic mass is 10.3. The Balaban J connectivity index is 1.97. The number of anilines is 1. The molecule has 0 aliphatic heterocycles. The molecule has 21 heavy (non-hydrogen) atoms. The van der Waals surface area contributed by atoms with E-state index < -0.39 is 24.1 Å². The molecule has 0 heterocycles. The van der Waals surface area contributed by atoms with Gasteiger partial charge in [0.2, 0.25) is 0 Å². The van der Waals surface area contributed by atoms with Crippen LogP contribution in [0.5, 0.6) is 5.75 Å². The molecular weight excluding hydrogens is 323 g/mol. The molecule has 3 nitrogen and oxygen atoms in total. The summed E-state index contributed by atoms with van der Waals surface area (Å²) in [5.74, 6) is -2.54. The quantitative estimate of drug-likeness (QED) is 0.907. The highest BCUT2D eigenvalue weighted by molar-refractivity contribution is 6.39. The second kappa shape index (κ2) is 6.74. The van der Waals surface area contributed by atoms with Gasteiger partial charge in [0.05, 0.1) is 15.7 Å². The van der Waals surface area contributed by atoms with Crippen molar-refractivity contribution < 1.29 is 18.3 Å². The lowest BCUT2D eigenvalue weighted by molar-refractivity contribution is -0.118. The largest absolute Gasteiger partial charge is 0.484 e. The number of hydrogen-bond donors (Lipinski definition) is 1. The van der Waals surface area contributed by atoms with Crippen molar-refractivity contribution in [2.75, 3.05) is 11.9 Å². The molecular formula is C14H9Cl2F2NO2. The highest BCUT2D eigenvalue weighted by Crippen LogP contribution is 2.29. The van der Waals surface area contributed by atoms with Gasteiger partial charge < -0.3 is 10.1 Å². The third-order valence-electron chi connectivity index (χ3n) is 2.49. The molecule has 0 aliphatic rings. The second-order valence-electron chi connectivity index (χ2n) is 4.01. The summed E-state index contributed by atoms with van der Waals surface area (Å²) in [7, 11) is 0. The summed E-state index contributed by atoms with van der Waals surface area (Å²) in [5.41, 5.74) is 0.264. The molecule has 0 saturated carbocycles. The first-order valence-corrected chi connectivity index (χ1v) is 6.54. The zero-order valence-corrected chi connectivity index (χ0v) is 12.0. The van der Waals surface area contributed by atoms with Crippen LogP contribution in [0.15, 0.2) is 36.4 Å². The van der Waals surface area contributed by atoms with Gasteiger partial charge in [-0.15, -0.1) is 0 Å². The molecule has 0 atom stereocenters. The number of carbonyl (C=O) groups excluding carboxylic acids is 1. The van der Waals surface area contributed by atoms with E-state index in [0.29, 0.717) is 0 Å². The van der Waals surface area contributed by atoms with E-state index in [1.54, 1.807) is 18.2 Å². The molecule has 0 aromatic heterocycles. The first-order valence-electron chi connectivity index (χ1n) is 5.79. The van der Waals surface area contributed by atoms with Gasteiger partial charge in [-0.2, -0.15) is 0 Å². The molecule has 2 aromatic rings. The highest BCUT2D eigenvalue weighted by atomic mass is 35.5. The molecule has 0 radical (unpaired) electrons. The van der Waals surface area contributed by atoms with Crippen molar-refractivity contribution in [1.82, 2.24) is 0 Å². The minimum absolute atomic E-state index is 0.0364. The van der Waals surface area contributed by atoms with Crippen molar-refractivity contribution in [3.63, 3.8) is 0 Å². The van der Waals surface area contributed by atoms with Crippen molar-refractivity contribution in [2.24, 2.45) is 0 Å². The Morgan fingerprint density at radius 1 is 1.10 bits per heavy atom. The molecule has 0 aliphatic carbocycles. The maximum Gasteiger partial charge on any atom is 0.262 e. The Bertz CT molecular complexity index is 660. The molecule has 2 rings (SSSR count). The Morgan fingerprint density at radius 2 is 1.76 bits per heavy atom. The average molecular weight is 332 g/mol. The number of benzene rings is 2. The molecule has 0 unspecified atom stereocenters. The number of nitrogens with one attached hydrogen (secondary N) is 1. The Hall–Kier alpha value is -1.85. The number of rotatable bonds is 4. The number of para-hydroxylation sites is 1. The third kappa shape index (κ3) is 4.06. The van der Waals surface area contributed by atoms with Crippen LogP contribution in [0.3, 0.4) is 0 Å². The zero-order chi connectivity index (χ0) is 15.4. The molecule has 0 fully saturated rings. The summed E-state index contributed by atoms with van der Waals surface area (Å²) in [6.45, 7) is -0.396. The van der Waals surface area contributed by atoms with Crippen LogP contribution in [-0.2, 0) is 4.79 Å². The first kappa shape index (κ1) is 15.5. The maximum absolute atomic E-state index is 13.0. The standard InChI is InChI=1S/C14H9Cl2F2NO2/c15-9-2-1-3-10(16)14(9)19-13(20)7-21-8-4-5-11(17)12(18)6-8/h1-6H,7H2,(H,19,20). The van der Waals surface area contributed by atoms with E-state index >= 15 is 0 Å². The second-order valence-corrected chi connectivity index (χ2v) is 4.82. The Labute approximate surface area is 129 Å². The number of ether oxygens (including phenoxy) is 1. The van der Waals surface area contributed by atoms with Gasteiger partial charge >= 0.3 is 0 Å². The van der Waals surface area contributed by atoms with Gasteiger partial charge in [0.1, 0.15) is 5.75 Å². The minimum Gasteiger partial charge on any atom is -0.484 e. The number of amides is 1. The molecule has 2 aromatic carbocycles. The summed E-state index contributed by atoms with van der Waals surface area (Å²) >= 11 is 11.8. The minimum atomic E-state index is -1.05. The van der Waals surface area contributed by atoms with Crippen molar-refractivity contribution in [3.05, 3.63) is 58.1 Å². The van der Waals surface area contributed by atoms with Gasteiger partial charge in [0.15, 0.2) is 18.2 Å². The van der Waals surface area contributed by atoms with Crippen LogP contribution in [0.2, 0.25) is 10.0 Å². The normalized spacial score (nSPS) is 10.3. The van der Waals surface area contributed by atoms with Crippen LogP contribution in [0, 0.1) is 11.6 Å². The molecule has 0 bridgehead atoms. The molecule has 7 heteroatoms. The lowest BCUT2D eigenvalue weighted by Crippen LogP contribution is -2.20. The smallest absolute Gasteiger partial charge is 0.262 e. The van der Waals surface area contributed by atoms with Crippen molar-refractivity contribution in [2.45, 2.75) is 0 Å². The SMILES string of the molecule is O=C(COc1ccc(F)c(F)c1)Nc1c(Cl)cccc1Cl. The van der Waals surface area contributed by atoms with E-state index in [2.05, 4.69) is 5.32 Å². The summed E-state index contributed by atoms with van der Waals surface area (Å²) in [4.78, 5) is 11.7. The van der Waals surface area contributed by atoms with Gasteiger partial charge in [-0.05, 0) is 24.3 Å². The highest BCUT2D eigenvalue weighted by Gasteiger charge is 2.11. The molecule has 0 spiro atoms. The predicted octanol–water partition coefficient (Wildman–Crippen LogP) is 4.29. The van der Waals surface area contributed by atoms with Crippen LogP contribution in [0.4, 0.5) is 14.5 Å². The van der Waals surface area contributed by atoms with E-state index in [4.69, 9.17) is 27.9 Å². The molecule has 1 N–H and O–H groups in total. The molecule has 0 saturated heterocycles. The van der Waals surface area contributed by atoms with E-state index in [1.807, 2.05) is 0 Å². The monoisotopic (exact) mass is 331 g/mol. The van der Waals surface area contributed by atoms with E-state index in [-0.39, 0.29) is 21.5 Å². The van der Waals surface area contributed by atoms with Gasteiger partial charge in [0.25, 0.3) is 5.91 Å². The van der Waals surface area contributed by atoms with Crippen LogP contribution < -0.4 is 10.1 Å². The predicted molar refractivity (Wildman–Crippen MR) is 76.9 cm³/mol. The molecule has 110 valence electrons. The summed E-state index contributed by atoms with van der Waals surface area (Å²) in [6.07, 6.45) is 0. The fourth-order valence-electron chi connectivity index (χ4n) is 1.51. The van der Waals surface area contributed by atoms with Crippen LogP contribution >= 0.6 is 23.2 Å². The van der Waals surface area contributed by atoms with Crippen molar-refractivity contribution in [1.29, 1.82) is 0 Å². The van der Waals surface area contributed by atoms with Crippen molar-refractivity contribution >= 4 is 34.8 Å².